The fourth-order valence-electron chi connectivity index (χ4n) is 4.68. The fourth-order valence-corrected chi connectivity index (χ4v) is 6.33. The molecule has 1 aliphatic heterocycles. The van der Waals surface area contributed by atoms with Gasteiger partial charge in [0.25, 0.3) is 0 Å². The molecule has 0 spiro atoms. The van der Waals surface area contributed by atoms with Crippen LogP contribution in [-0.2, 0) is 50.8 Å². The quantitative estimate of drug-likeness (QED) is 0.199. The third-order valence-electron chi connectivity index (χ3n) is 6.92. The highest BCUT2D eigenvalue weighted by atomic mass is 31.2. The Kier molecular flexibility index (Phi) is 14.0. The summed E-state index contributed by atoms with van der Waals surface area (Å²) in [5.74, 6) is -5.34. The molecule has 0 saturated carbocycles. The Bertz CT molecular complexity index is 1240. The van der Waals surface area contributed by atoms with E-state index in [1.54, 1.807) is 52.0 Å². The molecule has 2 bridgehead atoms. The van der Waals surface area contributed by atoms with Crippen LogP contribution in [0.15, 0.2) is 24.3 Å². The van der Waals surface area contributed by atoms with Gasteiger partial charge in [0.05, 0.1) is 13.5 Å². The lowest BCUT2D eigenvalue weighted by Gasteiger charge is -2.30. The van der Waals surface area contributed by atoms with Gasteiger partial charge in [0.1, 0.15) is 17.9 Å². The van der Waals surface area contributed by atoms with Crippen LogP contribution < -0.4 is 21.3 Å². The Morgan fingerprint density at radius 3 is 2.32 bits per heavy atom. The third kappa shape index (κ3) is 11.7. The normalized spacial score (nSPS) is 24.0. The van der Waals surface area contributed by atoms with Crippen molar-refractivity contribution in [2.24, 2.45) is 17.8 Å². The van der Waals surface area contributed by atoms with E-state index >= 15 is 0 Å². The first-order valence-electron chi connectivity index (χ1n) is 14.9. The molecule has 44 heavy (non-hydrogen) atoms. The zero-order chi connectivity index (χ0) is 33.2. The van der Waals surface area contributed by atoms with Crippen molar-refractivity contribution in [3.8, 4) is 0 Å². The highest BCUT2D eigenvalue weighted by molar-refractivity contribution is 7.53. The maximum Gasteiger partial charge on any atom is 0.351 e. The molecule has 0 radical (unpaired) electrons. The molecule has 1 aromatic rings. The van der Waals surface area contributed by atoms with Gasteiger partial charge in [-0.3, -0.25) is 28.3 Å². The second kappa shape index (κ2) is 16.7. The Hall–Kier alpha value is -3.28. The van der Waals surface area contributed by atoms with Crippen LogP contribution >= 0.6 is 7.60 Å². The van der Waals surface area contributed by atoms with Crippen LogP contribution in [-0.4, -0.2) is 65.6 Å². The Morgan fingerprint density at radius 1 is 1.07 bits per heavy atom. The van der Waals surface area contributed by atoms with Crippen molar-refractivity contribution in [3.05, 3.63) is 35.4 Å². The molecule has 1 heterocycles. The average Bonchev–Trinajstić information content (AvgIpc) is 2.92. The number of fused-ring (bicyclic) bond motifs is 2. The van der Waals surface area contributed by atoms with E-state index in [1.165, 1.54) is 0 Å². The number of carbonyl (C=O) groups is 5. The lowest BCUT2D eigenvalue weighted by Crippen LogP contribution is -2.57. The zero-order valence-electron chi connectivity index (χ0n) is 26.5. The van der Waals surface area contributed by atoms with Crippen LogP contribution in [0.3, 0.4) is 0 Å². The molecule has 1 aliphatic rings. The van der Waals surface area contributed by atoms with Gasteiger partial charge in [0.2, 0.25) is 23.6 Å². The Morgan fingerprint density at radius 2 is 1.73 bits per heavy atom. The number of esters is 1. The van der Waals surface area contributed by atoms with E-state index in [-0.39, 0.29) is 49.5 Å². The second-order valence-corrected chi connectivity index (χ2v) is 14.3. The van der Waals surface area contributed by atoms with E-state index in [9.17, 15) is 33.4 Å². The zero-order valence-corrected chi connectivity index (χ0v) is 27.4. The number of benzene rings is 1. The minimum atomic E-state index is -4.75. The van der Waals surface area contributed by atoms with Gasteiger partial charge in [-0.2, -0.15) is 0 Å². The SMILES string of the molecule is COC(=O)[C@@H]1Cc2cccc(c2)CNC(=O)C[C@H](NC(=O)[C@@H](NC(=O)CC(C)C)C(C)C)C(=O)N[C@H](CC(C)C)P(=O)(O)O1. The average molecular weight is 639 g/mol. The smallest absolute Gasteiger partial charge is 0.351 e. The summed E-state index contributed by atoms with van der Waals surface area (Å²) in [5.41, 5.74) is 1.26. The summed E-state index contributed by atoms with van der Waals surface area (Å²) in [6.45, 7) is 10.8. The van der Waals surface area contributed by atoms with Crippen LogP contribution in [0.4, 0.5) is 0 Å². The molecule has 1 unspecified atom stereocenters. The van der Waals surface area contributed by atoms with E-state index in [0.717, 1.165) is 7.11 Å². The van der Waals surface area contributed by atoms with Gasteiger partial charge in [-0.25, -0.2) is 4.79 Å². The van der Waals surface area contributed by atoms with Crippen molar-refractivity contribution in [1.82, 2.24) is 21.3 Å². The molecule has 0 aliphatic carbocycles. The maximum atomic E-state index is 13.7. The van der Waals surface area contributed by atoms with Crippen LogP contribution in [0.1, 0.15) is 71.9 Å². The van der Waals surface area contributed by atoms with Crippen molar-refractivity contribution < 1.29 is 42.7 Å². The second-order valence-electron chi connectivity index (χ2n) is 12.3. The number of rotatable bonds is 9. The van der Waals surface area contributed by atoms with Crippen molar-refractivity contribution >= 4 is 37.2 Å². The number of hydrogen-bond acceptors (Lipinski definition) is 8. The van der Waals surface area contributed by atoms with Crippen molar-refractivity contribution in [2.75, 3.05) is 7.11 Å². The lowest BCUT2D eigenvalue weighted by molar-refractivity contribution is -0.149. The molecule has 2 rings (SSSR count). The van der Waals surface area contributed by atoms with Crippen molar-refractivity contribution in [3.63, 3.8) is 0 Å². The highest BCUT2D eigenvalue weighted by Crippen LogP contribution is 2.50. The monoisotopic (exact) mass is 638 g/mol. The summed E-state index contributed by atoms with van der Waals surface area (Å²) >= 11 is 0. The summed E-state index contributed by atoms with van der Waals surface area (Å²) in [5, 5.41) is 10.5. The molecule has 5 atom stereocenters. The van der Waals surface area contributed by atoms with Gasteiger partial charge in [-0.15, -0.1) is 0 Å². The molecule has 14 heteroatoms. The summed E-state index contributed by atoms with van der Waals surface area (Å²) in [6.07, 6.45) is -1.87. The number of ether oxygens (including phenoxy) is 1. The van der Waals surface area contributed by atoms with E-state index in [2.05, 4.69) is 21.3 Å². The molecular formula is C30H47N4O9P. The predicted molar refractivity (Wildman–Crippen MR) is 163 cm³/mol. The van der Waals surface area contributed by atoms with Gasteiger partial charge < -0.3 is 30.9 Å². The topological polar surface area (TPSA) is 189 Å². The Balaban J connectivity index is 2.49. The van der Waals surface area contributed by atoms with Crippen LogP contribution in [0, 0.1) is 17.8 Å². The summed E-state index contributed by atoms with van der Waals surface area (Å²) in [7, 11) is -3.61. The van der Waals surface area contributed by atoms with Gasteiger partial charge in [0, 0.05) is 19.4 Å². The van der Waals surface area contributed by atoms with Gasteiger partial charge >= 0.3 is 13.6 Å². The molecule has 13 nitrogen and oxygen atoms in total. The van der Waals surface area contributed by atoms with Crippen LogP contribution in [0.2, 0.25) is 0 Å². The predicted octanol–water partition coefficient (Wildman–Crippen LogP) is 2.15. The fraction of sp³-hybridized carbons (Fsp3) is 0.633. The van der Waals surface area contributed by atoms with Crippen molar-refractivity contribution in [2.45, 2.75) is 97.7 Å². The van der Waals surface area contributed by atoms with Gasteiger partial charge in [-0.05, 0) is 35.3 Å². The largest absolute Gasteiger partial charge is 0.467 e. The number of amides is 4. The molecule has 4 amide bonds. The first kappa shape index (κ1) is 36.9. The molecule has 0 saturated heterocycles. The molecule has 5 N–H and O–H groups in total. The van der Waals surface area contributed by atoms with Crippen LogP contribution in [0.25, 0.3) is 0 Å². The summed E-state index contributed by atoms with van der Waals surface area (Å²) in [4.78, 5) is 76.2. The van der Waals surface area contributed by atoms with E-state index in [0.29, 0.717) is 11.1 Å². The minimum absolute atomic E-state index is 0.0182. The molecule has 246 valence electrons. The van der Waals surface area contributed by atoms with Gasteiger partial charge in [-0.1, -0.05) is 65.8 Å². The van der Waals surface area contributed by atoms with Gasteiger partial charge in [0.15, 0.2) is 6.10 Å². The van der Waals surface area contributed by atoms with E-state index in [1.807, 2.05) is 13.8 Å². The first-order valence-corrected chi connectivity index (χ1v) is 16.5. The van der Waals surface area contributed by atoms with E-state index < -0.39 is 61.7 Å². The molecular weight excluding hydrogens is 591 g/mol. The number of methoxy groups -OCH3 is 1. The number of nitrogens with one attached hydrogen (secondary N) is 4. The maximum absolute atomic E-state index is 13.7. The standard InChI is InChI=1S/C30H47N4O9P/c1-17(2)11-25(36)33-27(19(5)6)29(38)32-22-15-24(35)31-16-21-10-8-9-20(13-21)14-23(30(39)42-7)43-44(40,41)26(12-18(3)4)34-28(22)37/h8-10,13,17-19,22-23,26-27H,11-12,14-16H2,1-7H3,(H,31,35)(H,32,38)(H,33,36)(H,34,37)(H,40,41)/t22-,23-,26-,27-/m0/s1. The molecule has 1 aromatic carbocycles. The Labute approximate surface area is 259 Å². The van der Waals surface area contributed by atoms with Crippen molar-refractivity contribution in [1.29, 1.82) is 0 Å². The molecule has 0 aromatic heterocycles. The van der Waals surface area contributed by atoms with Crippen LogP contribution in [0.5, 0.6) is 0 Å². The number of carbonyl (C=O) groups excluding carboxylic acids is 5. The third-order valence-corrected chi connectivity index (χ3v) is 8.61. The first-order chi connectivity index (χ1) is 20.5. The lowest BCUT2D eigenvalue weighted by atomic mass is 10.0. The van der Waals surface area contributed by atoms with E-state index in [4.69, 9.17) is 9.26 Å². The molecule has 0 fully saturated rings. The summed E-state index contributed by atoms with van der Waals surface area (Å²) < 4.78 is 24.0. The minimum Gasteiger partial charge on any atom is -0.467 e. The number of hydrogen-bond donors (Lipinski definition) is 5. The highest BCUT2D eigenvalue weighted by Gasteiger charge is 2.41. The summed E-state index contributed by atoms with van der Waals surface area (Å²) in [6, 6.07) is 4.39.